The average molecular weight is 145 g/mol. The first-order chi connectivity index (χ1) is 4.36. The molecule has 0 aromatic heterocycles. The zero-order chi connectivity index (χ0) is 8.36. The van der Waals surface area contributed by atoms with E-state index >= 15 is 0 Å². The highest BCUT2D eigenvalue weighted by atomic mass is 16.4. The fourth-order valence-electron chi connectivity index (χ4n) is 0.551. The number of hydrogen-bond acceptors (Lipinski definition) is 2. The summed E-state index contributed by atoms with van der Waals surface area (Å²) in [6, 6.07) is -0.0800. The number of carbonyl (C=O) groups is 1. The fraction of sp³-hybridized carbons (Fsp3) is 0.857. The van der Waals surface area contributed by atoms with Gasteiger partial charge in [0.25, 0.3) is 0 Å². The topological polar surface area (TPSA) is 63.3 Å². The van der Waals surface area contributed by atoms with Crippen LogP contribution in [0.25, 0.3) is 0 Å². The van der Waals surface area contributed by atoms with E-state index in [1.54, 1.807) is 0 Å². The van der Waals surface area contributed by atoms with E-state index in [9.17, 15) is 4.79 Å². The molecule has 0 spiro atoms. The second-order valence-electron chi connectivity index (χ2n) is 3.35. The summed E-state index contributed by atoms with van der Waals surface area (Å²) in [5.74, 6) is -0.790. The summed E-state index contributed by atoms with van der Waals surface area (Å²) in [4.78, 5) is 10.3. The van der Waals surface area contributed by atoms with E-state index in [2.05, 4.69) is 0 Å². The number of carboxylic acid groups (broad SMARTS) is 1. The van der Waals surface area contributed by atoms with Crippen LogP contribution in [-0.4, -0.2) is 17.1 Å². The maximum absolute atomic E-state index is 10.3. The molecular weight excluding hydrogens is 130 g/mol. The van der Waals surface area contributed by atoms with Crippen molar-refractivity contribution >= 4 is 5.97 Å². The molecule has 0 aromatic rings. The maximum atomic E-state index is 10.3. The molecule has 1 unspecified atom stereocenters. The smallest absolute Gasteiger partial charge is 0.303 e. The van der Waals surface area contributed by atoms with Gasteiger partial charge in [-0.05, 0) is 12.3 Å². The molecule has 0 aromatic carbocycles. The first-order valence-corrected chi connectivity index (χ1v) is 3.33. The summed E-state index contributed by atoms with van der Waals surface area (Å²) >= 11 is 0. The Hall–Kier alpha value is -0.570. The van der Waals surface area contributed by atoms with Gasteiger partial charge in [-0.15, -0.1) is 0 Å². The van der Waals surface area contributed by atoms with E-state index in [1.807, 2.05) is 20.8 Å². The highest BCUT2D eigenvalue weighted by Gasteiger charge is 2.25. The van der Waals surface area contributed by atoms with Crippen molar-refractivity contribution in [1.82, 2.24) is 0 Å². The molecule has 10 heavy (non-hydrogen) atoms. The number of carboxylic acids is 1. The number of aliphatic carboxylic acids is 1. The van der Waals surface area contributed by atoms with Crippen LogP contribution in [0.2, 0.25) is 0 Å². The number of nitrogens with two attached hydrogens (primary N) is 1. The van der Waals surface area contributed by atoms with Gasteiger partial charge in [0, 0.05) is 6.04 Å². The maximum Gasteiger partial charge on any atom is 0.303 e. The normalized spacial score (nSPS) is 14.8. The van der Waals surface area contributed by atoms with Crippen molar-refractivity contribution in [2.24, 2.45) is 11.1 Å². The molecule has 0 amide bonds. The molecule has 0 aliphatic carbocycles. The summed E-state index contributed by atoms with van der Waals surface area (Å²) in [7, 11) is 0. The van der Waals surface area contributed by atoms with Crippen LogP contribution in [-0.2, 0) is 4.79 Å². The van der Waals surface area contributed by atoms with Gasteiger partial charge in [-0.1, -0.05) is 13.8 Å². The molecular formula is C7H15NO2. The van der Waals surface area contributed by atoms with Gasteiger partial charge in [0.1, 0.15) is 0 Å². The third-order valence-electron chi connectivity index (χ3n) is 1.84. The van der Waals surface area contributed by atoms with Crippen molar-refractivity contribution in [3.63, 3.8) is 0 Å². The lowest BCUT2D eigenvalue weighted by Crippen LogP contribution is -2.36. The zero-order valence-corrected chi connectivity index (χ0v) is 6.72. The molecule has 60 valence electrons. The van der Waals surface area contributed by atoms with Gasteiger partial charge in [-0.2, -0.15) is 0 Å². The third-order valence-corrected chi connectivity index (χ3v) is 1.84. The molecule has 3 N–H and O–H groups in total. The molecule has 0 fully saturated rings. The summed E-state index contributed by atoms with van der Waals surface area (Å²) < 4.78 is 0. The predicted molar refractivity (Wildman–Crippen MR) is 39.7 cm³/mol. The van der Waals surface area contributed by atoms with E-state index in [4.69, 9.17) is 10.8 Å². The molecule has 0 rings (SSSR count). The van der Waals surface area contributed by atoms with Crippen LogP contribution >= 0.6 is 0 Å². The Morgan fingerprint density at radius 1 is 1.70 bits per heavy atom. The highest BCUT2D eigenvalue weighted by Crippen LogP contribution is 2.22. The van der Waals surface area contributed by atoms with E-state index in [1.165, 1.54) is 0 Å². The SMILES string of the molecule is CC(N)C(C)(C)CC(=O)O. The monoisotopic (exact) mass is 145 g/mol. The predicted octanol–water partition coefficient (Wildman–Crippen LogP) is 0.835. The minimum Gasteiger partial charge on any atom is -0.481 e. The number of rotatable bonds is 3. The van der Waals surface area contributed by atoms with Gasteiger partial charge < -0.3 is 10.8 Å². The lowest BCUT2D eigenvalue weighted by atomic mass is 9.83. The number of hydrogen-bond donors (Lipinski definition) is 2. The van der Waals surface area contributed by atoms with Crippen molar-refractivity contribution in [1.29, 1.82) is 0 Å². The molecule has 0 saturated heterocycles. The lowest BCUT2D eigenvalue weighted by molar-refractivity contribution is -0.139. The molecule has 0 radical (unpaired) electrons. The fourth-order valence-corrected chi connectivity index (χ4v) is 0.551. The van der Waals surface area contributed by atoms with Gasteiger partial charge in [-0.3, -0.25) is 4.79 Å². The zero-order valence-electron chi connectivity index (χ0n) is 6.72. The van der Waals surface area contributed by atoms with Crippen LogP contribution < -0.4 is 5.73 Å². The van der Waals surface area contributed by atoms with E-state index in [0.29, 0.717) is 0 Å². The standard InChI is InChI=1S/C7H15NO2/c1-5(8)7(2,3)4-6(9)10/h5H,4,8H2,1-3H3,(H,9,10). The molecule has 3 heteroatoms. The quantitative estimate of drug-likeness (QED) is 0.618. The first kappa shape index (κ1) is 9.43. The molecule has 0 aliphatic heterocycles. The van der Waals surface area contributed by atoms with Gasteiger partial charge in [0.15, 0.2) is 0 Å². The van der Waals surface area contributed by atoms with E-state index in [0.717, 1.165) is 0 Å². The van der Waals surface area contributed by atoms with Crippen molar-refractivity contribution in [3.8, 4) is 0 Å². The summed E-state index contributed by atoms with van der Waals surface area (Å²) in [5.41, 5.74) is 5.26. The van der Waals surface area contributed by atoms with Crippen molar-refractivity contribution in [3.05, 3.63) is 0 Å². The van der Waals surface area contributed by atoms with Crippen molar-refractivity contribution < 1.29 is 9.90 Å². The van der Waals surface area contributed by atoms with Crippen LogP contribution in [0, 0.1) is 5.41 Å². The minimum atomic E-state index is -0.790. The Morgan fingerprint density at radius 2 is 2.10 bits per heavy atom. The summed E-state index contributed by atoms with van der Waals surface area (Å²) in [6.45, 7) is 5.53. The van der Waals surface area contributed by atoms with Gasteiger partial charge in [0.2, 0.25) is 0 Å². The van der Waals surface area contributed by atoms with Gasteiger partial charge in [-0.25, -0.2) is 0 Å². The largest absolute Gasteiger partial charge is 0.481 e. The second-order valence-corrected chi connectivity index (χ2v) is 3.35. The molecule has 1 atom stereocenters. The van der Waals surface area contributed by atoms with Crippen molar-refractivity contribution in [2.45, 2.75) is 33.2 Å². The van der Waals surface area contributed by atoms with E-state index < -0.39 is 5.97 Å². The molecule has 3 nitrogen and oxygen atoms in total. The Labute approximate surface area is 61.2 Å². The van der Waals surface area contributed by atoms with Gasteiger partial charge in [0.05, 0.1) is 6.42 Å². The van der Waals surface area contributed by atoms with E-state index in [-0.39, 0.29) is 17.9 Å². The highest BCUT2D eigenvalue weighted by molar-refractivity contribution is 5.67. The van der Waals surface area contributed by atoms with Crippen molar-refractivity contribution in [2.75, 3.05) is 0 Å². The average Bonchev–Trinajstić information content (AvgIpc) is 1.60. The lowest BCUT2D eigenvalue weighted by Gasteiger charge is -2.26. The first-order valence-electron chi connectivity index (χ1n) is 3.33. The van der Waals surface area contributed by atoms with Crippen LogP contribution in [0.5, 0.6) is 0 Å². The van der Waals surface area contributed by atoms with Crippen LogP contribution in [0.15, 0.2) is 0 Å². The Kier molecular flexibility index (Phi) is 2.84. The molecule has 0 saturated carbocycles. The Balaban J connectivity index is 3.99. The summed E-state index contributed by atoms with van der Waals surface area (Å²) in [5, 5.41) is 8.44. The summed E-state index contributed by atoms with van der Waals surface area (Å²) in [6.07, 6.45) is 0.130. The molecule has 0 bridgehead atoms. The Morgan fingerprint density at radius 3 is 2.20 bits per heavy atom. The molecule has 0 aliphatic rings. The third kappa shape index (κ3) is 2.82. The second kappa shape index (κ2) is 3.01. The minimum absolute atomic E-state index is 0.0800. The van der Waals surface area contributed by atoms with Crippen LogP contribution in [0.3, 0.4) is 0 Å². The van der Waals surface area contributed by atoms with Crippen LogP contribution in [0.1, 0.15) is 27.2 Å². The van der Waals surface area contributed by atoms with Gasteiger partial charge >= 0.3 is 5.97 Å². The molecule has 0 heterocycles. The Bertz CT molecular complexity index is 130. The van der Waals surface area contributed by atoms with Crippen LogP contribution in [0.4, 0.5) is 0 Å².